The van der Waals surface area contributed by atoms with Crippen molar-refractivity contribution >= 4 is 16.6 Å². The molecule has 3 nitrogen and oxygen atoms in total. The van der Waals surface area contributed by atoms with Crippen LogP contribution in [-0.2, 0) is 6.42 Å². The maximum atomic E-state index is 5.45. The molecule has 0 bridgehead atoms. The minimum absolute atomic E-state index is 0.838. The Kier molecular flexibility index (Phi) is 3.93. The lowest BCUT2D eigenvalue weighted by atomic mass is 10.00. The van der Waals surface area contributed by atoms with Gasteiger partial charge in [-0.05, 0) is 44.4 Å². The van der Waals surface area contributed by atoms with Crippen LogP contribution < -0.4 is 10.1 Å². The van der Waals surface area contributed by atoms with Crippen LogP contribution >= 0.6 is 0 Å². The van der Waals surface area contributed by atoms with Crippen LogP contribution in [0.4, 0.5) is 5.69 Å². The molecule has 2 rings (SSSR count). The molecule has 0 radical (unpaired) electrons. The number of ether oxygens (including phenoxy) is 1. The molecule has 0 aliphatic rings. The van der Waals surface area contributed by atoms with E-state index in [2.05, 4.69) is 39.1 Å². The summed E-state index contributed by atoms with van der Waals surface area (Å²) in [7, 11) is 1.70. The van der Waals surface area contributed by atoms with Crippen molar-refractivity contribution in [1.82, 2.24) is 4.98 Å². The predicted molar refractivity (Wildman–Crippen MR) is 81.3 cm³/mol. The predicted octanol–water partition coefficient (Wildman–Crippen LogP) is 3.85. The summed E-state index contributed by atoms with van der Waals surface area (Å²) in [6, 6.07) is 4.09. The highest BCUT2D eigenvalue weighted by Gasteiger charge is 2.15. The van der Waals surface area contributed by atoms with Gasteiger partial charge in [0.15, 0.2) is 0 Å². The van der Waals surface area contributed by atoms with Crippen molar-refractivity contribution in [2.75, 3.05) is 19.0 Å². The number of rotatable bonds is 4. The van der Waals surface area contributed by atoms with Crippen LogP contribution in [-0.4, -0.2) is 18.6 Å². The molecule has 19 heavy (non-hydrogen) atoms. The number of hydrogen-bond donors (Lipinski definition) is 1. The molecule has 0 aliphatic heterocycles. The van der Waals surface area contributed by atoms with E-state index in [9.17, 15) is 0 Å². The number of aryl methyl sites for hydroxylation is 2. The van der Waals surface area contributed by atoms with Gasteiger partial charge < -0.3 is 10.1 Å². The van der Waals surface area contributed by atoms with Crippen LogP contribution in [0.2, 0.25) is 0 Å². The number of hydrogen-bond acceptors (Lipinski definition) is 3. The lowest BCUT2D eigenvalue weighted by Gasteiger charge is -2.18. The zero-order valence-electron chi connectivity index (χ0n) is 12.4. The van der Waals surface area contributed by atoms with Gasteiger partial charge in [-0.3, -0.25) is 0 Å². The summed E-state index contributed by atoms with van der Waals surface area (Å²) in [4.78, 5) is 4.76. The van der Waals surface area contributed by atoms with Crippen molar-refractivity contribution in [2.24, 2.45) is 0 Å². The molecule has 1 N–H and O–H groups in total. The van der Waals surface area contributed by atoms with Crippen molar-refractivity contribution in [2.45, 2.75) is 34.1 Å². The van der Waals surface area contributed by atoms with E-state index in [0.29, 0.717) is 0 Å². The normalized spacial score (nSPS) is 10.8. The Labute approximate surface area is 115 Å². The van der Waals surface area contributed by atoms with Crippen molar-refractivity contribution < 1.29 is 4.74 Å². The number of benzene rings is 1. The van der Waals surface area contributed by atoms with E-state index < -0.39 is 0 Å². The molecule has 1 heterocycles. The standard InChI is InChI=1S/C16H22N2O/c1-6-12-11(4)18-16-13(19-5)9-8-10(3)14(16)15(12)17-7-2/h8-9H,6-7H2,1-5H3,(H,17,18). The molecule has 0 saturated heterocycles. The third-order valence-electron chi connectivity index (χ3n) is 3.54. The van der Waals surface area contributed by atoms with Crippen molar-refractivity contribution in [3.8, 4) is 5.75 Å². The van der Waals surface area contributed by atoms with Gasteiger partial charge in [0.05, 0.1) is 7.11 Å². The van der Waals surface area contributed by atoms with Gasteiger partial charge >= 0.3 is 0 Å². The highest BCUT2D eigenvalue weighted by atomic mass is 16.5. The summed E-state index contributed by atoms with van der Waals surface area (Å²) >= 11 is 0. The number of fused-ring (bicyclic) bond motifs is 1. The first-order valence-corrected chi connectivity index (χ1v) is 6.84. The van der Waals surface area contributed by atoms with Crippen molar-refractivity contribution in [3.05, 3.63) is 29.0 Å². The number of aromatic nitrogens is 1. The Morgan fingerprint density at radius 2 is 1.95 bits per heavy atom. The number of anilines is 1. The summed E-state index contributed by atoms with van der Waals surface area (Å²) in [5, 5.41) is 4.69. The first-order chi connectivity index (χ1) is 9.13. The average Bonchev–Trinajstić information content (AvgIpc) is 2.39. The summed E-state index contributed by atoms with van der Waals surface area (Å²) in [5.74, 6) is 0.838. The zero-order valence-corrected chi connectivity index (χ0v) is 12.4. The maximum Gasteiger partial charge on any atom is 0.145 e. The molecule has 0 amide bonds. The molecular weight excluding hydrogens is 236 g/mol. The molecule has 2 aromatic rings. The van der Waals surface area contributed by atoms with Crippen LogP contribution in [0.5, 0.6) is 5.75 Å². The second kappa shape index (κ2) is 5.47. The Morgan fingerprint density at radius 1 is 1.21 bits per heavy atom. The smallest absolute Gasteiger partial charge is 0.145 e. The second-order valence-electron chi connectivity index (χ2n) is 4.74. The van der Waals surface area contributed by atoms with Gasteiger partial charge in [-0.15, -0.1) is 0 Å². The van der Waals surface area contributed by atoms with Crippen LogP contribution in [0.1, 0.15) is 30.7 Å². The number of pyridine rings is 1. The topological polar surface area (TPSA) is 34.2 Å². The second-order valence-corrected chi connectivity index (χ2v) is 4.74. The number of methoxy groups -OCH3 is 1. The van der Waals surface area contributed by atoms with Crippen LogP contribution in [0.3, 0.4) is 0 Å². The lowest BCUT2D eigenvalue weighted by molar-refractivity contribution is 0.418. The summed E-state index contributed by atoms with van der Waals surface area (Å²) in [6.45, 7) is 9.39. The minimum Gasteiger partial charge on any atom is -0.494 e. The van der Waals surface area contributed by atoms with E-state index in [1.165, 1.54) is 22.2 Å². The third kappa shape index (κ3) is 2.25. The quantitative estimate of drug-likeness (QED) is 0.904. The van der Waals surface area contributed by atoms with Gasteiger partial charge in [-0.1, -0.05) is 13.0 Å². The Bertz CT molecular complexity index is 605. The summed E-state index contributed by atoms with van der Waals surface area (Å²) < 4.78 is 5.45. The Hall–Kier alpha value is -1.77. The number of nitrogens with zero attached hydrogens (tertiary/aromatic N) is 1. The molecule has 0 unspecified atom stereocenters. The van der Waals surface area contributed by atoms with Gasteiger partial charge in [0, 0.05) is 23.3 Å². The fraction of sp³-hybridized carbons (Fsp3) is 0.438. The molecule has 1 aromatic heterocycles. The minimum atomic E-state index is 0.838. The van der Waals surface area contributed by atoms with E-state index in [-0.39, 0.29) is 0 Å². The molecular formula is C16H22N2O. The van der Waals surface area contributed by atoms with E-state index in [4.69, 9.17) is 9.72 Å². The summed E-state index contributed by atoms with van der Waals surface area (Å²) in [6.07, 6.45) is 0.980. The van der Waals surface area contributed by atoms with Gasteiger partial charge in [0.25, 0.3) is 0 Å². The molecule has 0 spiro atoms. The van der Waals surface area contributed by atoms with E-state index >= 15 is 0 Å². The SMILES string of the molecule is CCNc1c(CC)c(C)nc2c(OC)ccc(C)c12. The molecule has 0 saturated carbocycles. The molecule has 0 fully saturated rings. The fourth-order valence-corrected chi connectivity index (χ4v) is 2.64. The van der Waals surface area contributed by atoms with Gasteiger partial charge in [0.1, 0.15) is 11.3 Å². The van der Waals surface area contributed by atoms with E-state index in [1.807, 2.05) is 6.07 Å². The van der Waals surface area contributed by atoms with Gasteiger partial charge in [0.2, 0.25) is 0 Å². The van der Waals surface area contributed by atoms with Crippen LogP contribution in [0.25, 0.3) is 10.9 Å². The van der Waals surface area contributed by atoms with Crippen LogP contribution in [0, 0.1) is 13.8 Å². The molecule has 1 aromatic carbocycles. The molecule has 0 atom stereocenters. The Morgan fingerprint density at radius 3 is 2.53 bits per heavy atom. The first-order valence-electron chi connectivity index (χ1n) is 6.84. The molecule has 102 valence electrons. The first kappa shape index (κ1) is 13.7. The zero-order chi connectivity index (χ0) is 14.0. The van der Waals surface area contributed by atoms with E-state index in [0.717, 1.165) is 29.9 Å². The average molecular weight is 258 g/mol. The number of nitrogens with one attached hydrogen (secondary N) is 1. The highest BCUT2D eigenvalue weighted by Crippen LogP contribution is 2.35. The third-order valence-corrected chi connectivity index (χ3v) is 3.54. The maximum absolute atomic E-state index is 5.45. The molecule has 0 aliphatic carbocycles. The summed E-state index contributed by atoms with van der Waals surface area (Å²) in [5.41, 5.74) is 5.77. The van der Waals surface area contributed by atoms with Gasteiger partial charge in [-0.25, -0.2) is 4.98 Å². The monoisotopic (exact) mass is 258 g/mol. The van der Waals surface area contributed by atoms with E-state index in [1.54, 1.807) is 7.11 Å². The van der Waals surface area contributed by atoms with Crippen LogP contribution in [0.15, 0.2) is 12.1 Å². The molecule has 3 heteroatoms. The highest BCUT2D eigenvalue weighted by molar-refractivity contribution is 5.99. The lowest BCUT2D eigenvalue weighted by Crippen LogP contribution is -2.06. The largest absolute Gasteiger partial charge is 0.494 e. The van der Waals surface area contributed by atoms with Crippen molar-refractivity contribution in [1.29, 1.82) is 0 Å². The van der Waals surface area contributed by atoms with Crippen molar-refractivity contribution in [3.63, 3.8) is 0 Å². The Balaban J connectivity index is 2.90. The fourth-order valence-electron chi connectivity index (χ4n) is 2.64. The van der Waals surface area contributed by atoms with Gasteiger partial charge in [-0.2, -0.15) is 0 Å².